The maximum absolute atomic E-state index is 12.0. The van der Waals surface area contributed by atoms with Gasteiger partial charge in [0.2, 0.25) is 0 Å². The number of urea groups is 1. The van der Waals surface area contributed by atoms with Gasteiger partial charge in [-0.3, -0.25) is 0 Å². The van der Waals surface area contributed by atoms with Gasteiger partial charge < -0.3 is 20.3 Å². The lowest BCUT2D eigenvalue weighted by atomic mass is 10.1. The van der Waals surface area contributed by atoms with Crippen LogP contribution in [0.5, 0.6) is 0 Å². The molecule has 0 aliphatic rings. The Labute approximate surface area is 136 Å². The van der Waals surface area contributed by atoms with Gasteiger partial charge >= 0.3 is 6.03 Å². The Morgan fingerprint density at radius 1 is 1.35 bits per heavy atom. The van der Waals surface area contributed by atoms with Crippen molar-refractivity contribution in [2.45, 2.75) is 26.4 Å². The fraction of sp³-hybridized carbons (Fsp3) is 0.412. The van der Waals surface area contributed by atoms with Crippen LogP contribution >= 0.6 is 0 Å². The predicted molar refractivity (Wildman–Crippen MR) is 88.9 cm³/mol. The molecule has 1 aromatic carbocycles. The summed E-state index contributed by atoms with van der Waals surface area (Å²) in [6.45, 7) is 5.24. The van der Waals surface area contributed by atoms with Crippen molar-refractivity contribution >= 4 is 6.03 Å². The zero-order chi connectivity index (χ0) is 16.7. The molecule has 0 aliphatic heterocycles. The number of nitrogens with one attached hydrogen (secondary N) is 2. The van der Waals surface area contributed by atoms with Gasteiger partial charge in [0.05, 0.1) is 12.6 Å². The van der Waals surface area contributed by atoms with Gasteiger partial charge in [0.1, 0.15) is 5.82 Å². The molecule has 2 atom stereocenters. The molecule has 2 unspecified atom stereocenters. The Hall–Kier alpha value is -2.34. The number of nitrogens with zero attached hydrogens (tertiary/aromatic N) is 2. The molecule has 1 aromatic heterocycles. The molecule has 6 heteroatoms. The van der Waals surface area contributed by atoms with Crippen LogP contribution in [0.15, 0.2) is 42.7 Å². The first-order valence-corrected chi connectivity index (χ1v) is 7.78. The Morgan fingerprint density at radius 2 is 2.09 bits per heavy atom. The SMILES string of the molecule is Cc1nccn1CC(C)CNC(=O)NC(CO)c1ccccc1. The number of imidazole rings is 1. The molecule has 6 nitrogen and oxygen atoms in total. The number of amides is 2. The Kier molecular flexibility index (Phi) is 6.17. The molecular formula is C17H24N4O2. The normalized spacial score (nSPS) is 13.3. The second-order valence-electron chi connectivity index (χ2n) is 5.73. The number of benzene rings is 1. The summed E-state index contributed by atoms with van der Waals surface area (Å²) < 4.78 is 2.06. The Bertz CT molecular complexity index is 612. The van der Waals surface area contributed by atoms with E-state index < -0.39 is 6.04 Å². The highest BCUT2D eigenvalue weighted by Crippen LogP contribution is 2.11. The van der Waals surface area contributed by atoms with Gasteiger partial charge in [0, 0.05) is 25.5 Å². The smallest absolute Gasteiger partial charge is 0.315 e. The van der Waals surface area contributed by atoms with E-state index in [9.17, 15) is 9.90 Å². The maximum Gasteiger partial charge on any atom is 0.315 e. The Morgan fingerprint density at radius 3 is 2.70 bits per heavy atom. The third-order valence-electron chi connectivity index (χ3n) is 3.73. The van der Waals surface area contributed by atoms with Crippen LogP contribution in [0.4, 0.5) is 4.79 Å². The first-order chi connectivity index (χ1) is 11.1. The largest absolute Gasteiger partial charge is 0.394 e. The number of aliphatic hydroxyl groups is 1. The first kappa shape index (κ1) is 17.0. The predicted octanol–water partition coefficient (Wildman–Crippen LogP) is 1.86. The van der Waals surface area contributed by atoms with E-state index in [2.05, 4.69) is 27.1 Å². The maximum atomic E-state index is 12.0. The summed E-state index contributed by atoms with van der Waals surface area (Å²) in [4.78, 5) is 16.2. The van der Waals surface area contributed by atoms with Crippen molar-refractivity contribution < 1.29 is 9.90 Å². The van der Waals surface area contributed by atoms with Gasteiger partial charge in [-0.05, 0) is 18.4 Å². The van der Waals surface area contributed by atoms with E-state index in [1.165, 1.54) is 0 Å². The van der Waals surface area contributed by atoms with E-state index in [4.69, 9.17) is 0 Å². The van der Waals surface area contributed by atoms with E-state index >= 15 is 0 Å². The first-order valence-electron chi connectivity index (χ1n) is 7.78. The van der Waals surface area contributed by atoms with E-state index in [-0.39, 0.29) is 18.6 Å². The van der Waals surface area contributed by atoms with Crippen LogP contribution in [0.25, 0.3) is 0 Å². The van der Waals surface area contributed by atoms with E-state index in [1.54, 1.807) is 6.20 Å². The molecule has 0 saturated heterocycles. The van der Waals surface area contributed by atoms with Crippen LogP contribution in [-0.4, -0.2) is 33.8 Å². The number of hydrogen-bond donors (Lipinski definition) is 3. The average molecular weight is 316 g/mol. The van der Waals surface area contributed by atoms with Gasteiger partial charge in [-0.15, -0.1) is 0 Å². The lowest BCUT2D eigenvalue weighted by molar-refractivity contribution is 0.215. The monoisotopic (exact) mass is 316 g/mol. The van der Waals surface area contributed by atoms with Gasteiger partial charge in [0.25, 0.3) is 0 Å². The van der Waals surface area contributed by atoms with E-state index in [0.717, 1.165) is 17.9 Å². The summed E-state index contributed by atoms with van der Waals surface area (Å²) in [7, 11) is 0. The van der Waals surface area contributed by atoms with Crippen LogP contribution in [0.3, 0.4) is 0 Å². The van der Waals surface area contributed by atoms with E-state index in [0.29, 0.717) is 6.54 Å². The number of carbonyl (C=O) groups is 1. The summed E-state index contributed by atoms with van der Waals surface area (Å²) in [6, 6.07) is 8.75. The molecule has 0 aliphatic carbocycles. The molecule has 0 saturated carbocycles. The van der Waals surface area contributed by atoms with Gasteiger partial charge in [-0.2, -0.15) is 0 Å². The molecule has 2 amide bonds. The topological polar surface area (TPSA) is 79.2 Å². The third kappa shape index (κ3) is 5.10. The number of hydrogen-bond acceptors (Lipinski definition) is 3. The number of carbonyl (C=O) groups excluding carboxylic acids is 1. The summed E-state index contributed by atoms with van der Waals surface area (Å²) >= 11 is 0. The zero-order valence-corrected chi connectivity index (χ0v) is 13.6. The lowest BCUT2D eigenvalue weighted by Crippen LogP contribution is -2.41. The van der Waals surface area contributed by atoms with Crippen molar-refractivity contribution in [2.24, 2.45) is 5.92 Å². The van der Waals surface area contributed by atoms with Crippen molar-refractivity contribution in [3.8, 4) is 0 Å². The van der Waals surface area contributed by atoms with Crippen molar-refractivity contribution in [2.75, 3.05) is 13.2 Å². The molecule has 0 spiro atoms. The van der Waals surface area contributed by atoms with Gasteiger partial charge in [-0.25, -0.2) is 9.78 Å². The minimum absolute atomic E-state index is 0.138. The van der Waals surface area contributed by atoms with Crippen LogP contribution in [-0.2, 0) is 6.54 Å². The Balaban J connectivity index is 1.79. The number of aryl methyl sites for hydroxylation is 1. The quantitative estimate of drug-likeness (QED) is 0.729. The molecular weight excluding hydrogens is 292 g/mol. The number of aromatic nitrogens is 2. The molecule has 124 valence electrons. The molecule has 2 aromatic rings. The standard InChI is InChI=1S/C17H24N4O2/c1-13(11-21-9-8-18-14(21)2)10-19-17(23)20-16(12-22)15-6-4-3-5-7-15/h3-9,13,16,22H,10-12H2,1-2H3,(H2,19,20,23). The molecule has 0 radical (unpaired) electrons. The van der Waals surface area contributed by atoms with Gasteiger partial charge in [0.15, 0.2) is 0 Å². The average Bonchev–Trinajstić information content (AvgIpc) is 2.96. The molecule has 0 bridgehead atoms. The summed E-state index contributed by atoms with van der Waals surface area (Å²) in [6.07, 6.45) is 3.71. The second-order valence-corrected chi connectivity index (χ2v) is 5.73. The zero-order valence-electron chi connectivity index (χ0n) is 13.6. The molecule has 23 heavy (non-hydrogen) atoms. The molecule has 0 fully saturated rings. The summed E-state index contributed by atoms with van der Waals surface area (Å²) in [5.41, 5.74) is 0.882. The van der Waals surface area contributed by atoms with Crippen molar-refractivity contribution in [3.05, 3.63) is 54.1 Å². The highest BCUT2D eigenvalue weighted by atomic mass is 16.3. The summed E-state index contributed by atoms with van der Waals surface area (Å²) in [5, 5.41) is 15.1. The van der Waals surface area contributed by atoms with Crippen LogP contribution < -0.4 is 10.6 Å². The third-order valence-corrected chi connectivity index (χ3v) is 3.73. The van der Waals surface area contributed by atoms with Crippen LogP contribution in [0.1, 0.15) is 24.4 Å². The van der Waals surface area contributed by atoms with Crippen molar-refractivity contribution in [3.63, 3.8) is 0 Å². The van der Waals surface area contributed by atoms with Crippen LogP contribution in [0.2, 0.25) is 0 Å². The minimum atomic E-state index is -0.401. The number of rotatable bonds is 7. The second kappa shape index (κ2) is 8.33. The van der Waals surface area contributed by atoms with Gasteiger partial charge in [-0.1, -0.05) is 37.3 Å². The number of aliphatic hydroxyl groups excluding tert-OH is 1. The molecule has 3 N–H and O–H groups in total. The van der Waals surface area contributed by atoms with Crippen LogP contribution in [0, 0.1) is 12.8 Å². The van der Waals surface area contributed by atoms with Crippen molar-refractivity contribution in [1.82, 2.24) is 20.2 Å². The fourth-order valence-corrected chi connectivity index (χ4v) is 2.39. The fourth-order valence-electron chi connectivity index (χ4n) is 2.39. The van der Waals surface area contributed by atoms with E-state index in [1.807, 2.05) is 43.5 Å². The highest BCUT2D eigenvalue weighted by Gasteiger charge is 2.14. The lowest BCUT2D eigenvalue weighted by Gasteiger charge is -2.19. The highest BCUT2D eigenvalue weighted by molar-refractivity contribution is 5.74. The summed E-state index contributed by atoms with van der Waals surface area (Å²) in [5.74, 6) is 1.24. The molecule has 1 heterocycles. The minimum Gasteiger partial charge on any atom is -0.394 e. The van der Waals surface area contributed by atoms with Crippen molar-refractivity contribution in [1.29, 1.82) is 0 Å². The molecule has 2 rings (SSSR count).